The summed E-state index contributed by atoms with van der Waals surface area (Å²) in [6.07, 6.45) is 7.47. The van der Waals surface area contributed by atoms with Crippen LogP contribution in [0.3, 0.4) is 0 Å². The number of hydrogen-bond acceptors (Lipinski definition) is 9. The summed E-state index contributed by atoms with van der Waals surface area (Å²) in [5.41, 5.74) is 1.92. The van der Waals surface area contributed by atoms with Crippen molar-refractivity contribution < 1.29 is 9.47 Å². The molecular formula is C20H26ClN7O2S. The molecule has 0 fully saturated rings. The van der Waals surface area contributed by atoms with Crippen molar-refractivity contribution in [2.24, 2.45) is 0 Å². The molecule has 9 nitrogen and oxygen atoms in total. The standard InChI is InChI=1S/C20H26ClN7O2S/c1-13-5-15(8-22-7-13)19-25-26-20(28(19)17(11-29-3)12-30-4)27-31-14(2)6-18-23-9-16(21)10-24-18/h5,7-10,14,17H,6,11-12H2,1-4H3,(H,26,27). The van der Waals surface area contributed by atoms with Crippen molar-refractivity contribution in [3.05, 3.63) is 47.3 Å². The summed E-state index contributed by atoms with van der Waals surface area (Å²) in [6, 6.07) is 1.92. The van der Waals surface area contributed by atoms with Gasteiger partial charge in [-0.3, -0.25) is 14.3 Å². The van der Waals surface area contributed by atoms with E-state index in [1.165, 1.54) is 11.9 Å². The van der Waals surface area contributed by atoms with Crippen molar-refractivity contribution in [1.29, 1.82) is 0 Å². The predicted molar refractivity (Wildman–Crippen MR) is 122 cm³/mol. The summed E-state index contributed by atoms with van der Waals surface area (Å²) in [5.74, 6) is 2.05. The average molecular weight is 464 g/mol. The minimum atomic E-state index is -0.112. The van der Waals surface area contributed by atoms with Gasteiger partial charge in [-0.05, 0) is 30.5 Å². The molecule has 1 atom stereocenters. The Morgan fingerprint density at radius 3 is 2.45 bits per heavy atom. The van der Waals surface area contributed by atoms with E-state index in [-0.39, 0.29) is 11.3 Å². The fourth-order valence-corrected chi connectivity index (χ4v) is 3.84. The molecule has 3 heterocycles. The quantitative estimate of drug-likeness (QED) is 0.427. The molecule has 166 valence electrons. The molecule has 0 aliphatic rings. The highest BCUT2D eigenvalue weighted by atomic mass is 35.5. The topological polar surface area (TPSA) is 99.9 Å². The molecule has 0 aliphatic carbocycles. The molecule has 0 saturated carbocycles. The van der Waals surface area contributed by atoms with E-state index >= 15 is 0 Å². The summed E-state index contributed by atoms with van der Waals surface area (Å²) < 4.78 is 16.2. The number of pyridine rings is 1. The van der Waals surface area contributed by atoms with Crippen LogP contribution in [0.4, 0.5) is 5.95 Å². The zero-order valence-corrected chi connectivity index (χ0v) is 19.5. The minimum Gasteiger partial charge on any atom is -0.382 e. The number of halogens is 1. The predicted octanol–water partition coefficient (Wildman–Crippen LogP) is 3.62. The van der Waals surface area contributed by atoms with Crippen LogP contribution in [0.2, 0.25) is 5.02 Å². The highest BCUT2D eigenvalue weighted by Gasteiger charge is 2.23. The minimum absolute atomic E-state index is 0.112. The van der Waals surface area contributed by atoms with Crippen LogP contribution in [0.1, 0.15) is 24.4 Å². The first-order valence-corrected chi connectivity index (χ1v) is 11.0. The molecule has 0 radical (unpaired) electrons. The zero-order valence-electron chi connectivity index (χ0n) is 17.9. The number of nitrogens with zero attached hydrogens (tertiary/aromatic N) is 6. The van der Waals surface area contributed by atoms with E-state index in [0.29, 0.717) is 36.4 Å². The highest BCUT2D eigenvalue weighted by molar-refractivity contribution is 8.01. The maximum Gasteiger partial charge on any atom is 0.235 e. The van der Waals surface area contributed by atoms with Crippen LogP contribution in [-0.4, -0.2) is 62.4 Å². The van der Waals surface area contributed by atoms with Gasteiger partial charge in [-0.1, -0.05) is 18.5 Å². The second-order valence-corrected chi connectivity index (χ2v) is 8.77. The molecule has 3 rings (SSSR count). The normalized spacial score (nSPS) is 12.3. The van der Waals surface area contributed by atoms with Crippen LogP contribution in [0, 0.1) is 6.92 Å². The van der Waals surface area contributed by atoms with Crippen molar-refractivity contribution >= 4 is 29.5 Å². The van der Waals surface area contributed by atoms with E-state index in [2.05, 4.69) is 36.8 Å². The molecular weight excluding hydrogens is 438 g/mol. The SMILES string of the molecule is COCC(COC)n1c(NSC(C)Cc2ncc(Cl)cn2)nnc1-c1cncc(C)c1. The third kappa shape index (κ3) is 6.36. The second-order valence-electron chi connectivity index (χ2n) is 7.08. The molecule has 11 heteroatoms. The lowest BCUT2D eigenvalue weighted by molar-refractivity contribution is 0.0909. The first kappa shape index (κ1) is 23.4. The number of hydrogen-bond donors (Lipinski definition) is 1. The van der Waals surface area contributed by atoms with Crippen molar-refractivity contribution in [1.82, 2.24) is 29.7 Å². The third-order valence-corrected chi connectivity index (χ3v) is 5.47. The molecule has 3 aromatic heterocycles. The molecule has 0 bridgehead atoms. The van der Waals surface area contributed by atoms with Crippen molar-refractivity contribution in [3.63, 3.8) is 0 Å². The smallest absolute Gasteiger partial charge is 0.235 e. The molecule has 0 spiro atoms. The van der Waals surface area contributed by atoms with Crippen molar-refractivity contribution in [2.75, 3.05) is 32.2 Å². The lowest BCUT2D eigenvalue weighted by atomic mass is 10.2. The number of aromatic nitrogens is 6. The number of aryl methyl sites for hydroxylation is 1. The van der Waals surface area contributed by atoms with Gasteiger partial charge in [-0.2, -0.15) is 0 Å². The maximum atomic E-state index is 5.86. The van der Waals surface area contributed by atoms with E-state index in [1.54, 1.807) is 32.8 Å². The van der Waals surface area contributed by atoms with Gasteiger partial charge in [-0.15, -0.1) is 10.2 Å². The van der Waals surface area contributed by atoms with Crippen LogP contribution in [0.25, 0.3) is 11.4 Å². The zero-order chi connectivity index (χ0) is 22.2. The Kier molecular flexibility index (Phi) is 8.59. The van der Waals surface area contributed by atoms with Gasteiger partial charge in [0.1, 0.15) is 5.82 Å². The third-order valence-electron chi connectivity index (χ3n) is 4.41. The number of anilines is 1. The number of methoxy groups -OCH3 is 2. The molecule has 1 N–H and O–H groups in total. The molecule has 3 aromatic rings. The van der Waals surface area contributed by atoms with Crippen LogP contribution < -0.4 is 4.72 Å². The fourth-order valence-electron chi connectivity index (χ4n) is 3.06. The highest BCUT2D eigenvalue weighted by Crippen LogP contribution is 2.28. The van der Waals surface area contributed by atoms with Crippen LogP contribution in [0.15, 0.2) is 30.9 Å². The molecule has 0 saturated heterocycles. The van der Waals surface area contributed by atoms with Crippen molar-refractivity contribution in [3.8, 4) is 11.4 Å². The Balaban J connectivity index is 1.82. The molecule has 0 amide bonds. The molecule has 0 aliphatic heterocycles. The van der Waals surface area contributed by atoms with Crippen LogP contribution in [-0.2, 0) is 15.9 Å². The van der Waals surface area contributed by atoms with E-state index in [4.69, 9.17) is 21.1 Å². The van der Waals surface area contributed by atoms with E-state index in [0.717, 1.165) is 17.0 Å². The molecule has 1 unspecified atom stereocenters. The fraction of sp³-hybridized carbons (Fsp3) is 0.450. The second kappa shape index (κ2) is 11.4. The molecule has 0 aromatic carbocycles. The van der Waals surface area contributed by atoms with Gasteiger partial charge in [0.2, 0.25) is 5.95 Å². The maximum absolute atomic E-state index is 5.86. The van der Waals surface area contributed by atoms with Gasteiger partial charge in [0.15, 0.2) is 5.82 Å². The van der Waals surface area contributed by atoms with Gasteiger partial charge >= 0.3 is 0 Å². The average Bonchev–Trinajstić information content (AvgIpc) is 3.18. The van der Waals surface area contributed by atoms with Gasteiger partial charge in [0.25, 0.3) is 0 Å². The largest absolute Gasteiger partial charge is 0.382 e. The van der Waals surface area contributed by atoms with Gasteiger partial charge < -0.3 is 9.47 Å². The van der Waals surface area contributed by atoms with Crippen molar-refractivity contribution in [2.45, 2.75) is 31.6 Å². The van der Waals surface area contributed by atoms with E-state index in [1.807, 2.05) is 23.8 Å². The molecule has 31 heavy (non-hydrogen) atoms. The lowest BCUT2D eigenvalue weighted by Gasteiger charge is -2.21. The van der Waals surface area contributed by atoms with Crippen LogP contribution >= 0.6 is 23.5 Å². The van der Waals surface area contributed by atoms with Gasteiger partial charge in [-0.25, -0.2) is 9.97 Å². The monoisotopic (exact) mass is 463 g/mol. The summed E-state index contributed by atoms with van der Waals surface area (Å²) in [7, 11) is 3.33. The summed E-state index contributed by atoms with van der Waals surface area (Å²) in [6.45, 7) is 4.98. The Morgan fingerprint density at radius 1 is 1.10 bits per heavy atom. The number of nitrogens with one attached hydrogen (secondary N) is 1. The number of rotatable bonds is 11. The van der Waals surface area contributed by atoms with E-state index in [9.17, 15) is 0 Å². The summed E-state index contributed by atoms with van der Waals surface area (Å²) in [4.78, 5) is 12.8. The number of ether oxygens (including phenoxy) is 2. The summed E-state index contributed by atoms with van der Waals surface area (Å²) >= 11 is 7.39. The van der Waals surface area contributed by atoms with Gasteiger partial charge in [0.05, 0.1) is 24.3 Å². The van der Waals surface area contributed by atoms with Gasteiger partial charge in [0, 0.05) is 56.2 Å². The first-order valence-electron chi connectivity index (χ1n) is 9.74. The van der Waals surface area contributed by atoms with E-state index < -0.39 is 0 Å². The summed E-state index contributed by atoms with van der Waals surface area (Å²) in [5, 5.41) is 9.53. The van der Waals surface area contributed by atoms with Crippen LogP contribution in [0.5, 0.6) is 0 Å². The Hall–Kier alpha value is -2.27. The lowest BCUT2D eigenvalue weighted by Crippen LogP contribution is -2.22. The Labute approximate surface area is 191 Å². The Morgan fingerprint density at radius 2 is 1.81 bits per heavy atom. The first-order chi connectivity index (χ1) is 15.0. The Bertz CT molecular complexity index is 964.